The van der Waals surface area contributed by atoms with E-state index in [1.54, 1.807) is 0 Å². The second-order valence-corrected chi connectivity index (χ2v) is 8.13. The molecule has 0 bridgehead atoms. The number of rotatable bonds is 8. The third-order valence-corrected chi connectivity index (χ3v) is 5.69. The molecular weight excluding hydrogens is 378 g/mol. The maximum atomic E-state index is 12.5. The molecule has 0 spiro atoms. The summed E-state index contributed by atoms with van der Waals surface area (Å²) in [6.07, 6.45) is 2.66. The molecule has 1 aromatic rings. The lowest BCUT2D eigenvalue weighted by Crippen LogP contribution is -2.55. The Morgan fingerprint density at radius 2 is 1.93 bits per heavy atom. The van der Waals surface area contributed by atoms with Gasteiger partial charge in [0.25, 0.3) is 5.91 Å². The minimum absolute atomic E-state index is 0.163. The van der Waals surface area contributed by atoms with Gasteiger partial charge in [-0.25, -0.2) is 0 Å². The van der Waals surface area contributed by atoms with Crippen molar-refractivity contribution in [3.8, 4) is 0 Å². The van der Waals surface area contributed by atoms with Crippen LogP contribution < -0.4 is 5.32 Å². The van der Waals surface area contributed by atoms with Crippen molar-refractivity contribution in [3.63, 3.8) is 0 Å². The molecule has 1 aromatic carbocycles. The Labute approximate surface area is 181 Å². The van der Waals surface area contributed by atoms with Gasteiger partial charge in [0.2, 0.25) is 0 Å². The minimum atomic E-state index is -0.216. The number of amides is 1. The highest BCUT2D eigenvalue weighted by molar-refractivity contribution is 5.82. The minimum Gasteiger partial charge on any atom is -0.368 e. The third kappa shape index (κ3) is 6.71. The number of benzene rings is 1. The van der Waals surface area contributed by atoms with Crippen molar-refractivity contribution in [1.29, 1.82) is 0 Å². The van der Waals surface area contributed by atoms with Gasteiger partial charge in [0.1, 0.15) is 6.10 Å². The normalized spacial score (nSPS) is 20.1. The van der Waals surface area contributed by atoms with Crippen LogP contribution in [0.2, 0.25) is 0 Å². The summed E-state index contributed by atoms with van der Waals surface area (Å²) in [5.41, 5.74) is 1.34. The molecule has 1 N–H and O–H groups in total. The summed E-state index contributed by atoms with van der Waals surface area (Å²) >= 11 is 0. The van der Waals surface area contributed by atoms with E-state index >= 15 is 0 Å². The van der Waals surface area contributed by atoms with Crippen LogP contribution >= 0.6 is 0 Å². The standard InChI is InChI=1S/C23H37N5O2/c1-3-24-23(25-12-8-13-26(2)19-20-9-5-4-6-10-20)28-16-14-27(15-17-28)22(29)21-11-7-18-30-21/h4-6,9-10,21H,3,7-8,11-19H2,1-2H3,(H,24,25). The number of guanidine groups is 1. The van der Waals surface area contributed by atoms with Crippen molar-refractivity contribution < 1.29 is 9.53 Å². The number of carbonyl (C=O) groups is 1. The maximum Gasteiger partial charge on any atom is 0.251 e. The Balaban J connectivity index is 1.41. The molecule has 7 heteroatoms. The maximum absolute atomic E-state index is 12.5. The van der Waals surface area contributed by atoms with Gasteiger partial charge in [0.15, 0.2) is 5.96 Å². The lowest BCUT2D eigenvalue weighted by Gasteiger charge is -2.37. The van der Waals surface area contributed by atoms with Gasteiger partial charge >= 0.3 is 0 Å². The molecule has 2 saturated heterocycles. The zero-order chi connectivity index (χ0) is 21.2. The van der Waals surface area contributed by atoms with E-state index in [1.807, 2.05) is 4.90 Å². The van der Waals surface area contributed by atoms with Crippen LogP contribution in [0.25, 0.3) is 0 Å². The summed E-state index contributed by atoms with van der Waals surface area (Å²) in [5, 5.41) is 3.41. The van der Waals surface area contributed by atoms with Crippen LogP contribution in [-0.4, -0.2) is 92.1 Å². The zero-order valence-electron chi connectivity index (χ0n) is 18.6. The molecule has 30 heavy (non-hydrogen) atoms. The number of ether oxygens (including phenoxy) is 1. The molecule has 7 nitrogen and oxygen atoms in total. The fourth-order valence-electron chi connectivity index (χ4n) is 4.04. The van der Waals surface area contributed by atoms with Gasteiger partial charge in [-0.2, -0.15) is 0 Å². The van der Waals surface area contributed by atoms with Crippen molar-refractivity contribution in [2.75, 3.05) is 59.5 Å². The van der Waals surface area contributed by atoms with E-state index in [1.165, 1.54) is 5.56 Å². The van der Waals surface area contributed by atoms with Gasteiger partial charge in [-0.1, -0.05) is 30.3 Å². The summed E-state index contributed by atoms with van der Waals surface area (Å²) < 4.78 is 5.56. The first kappa shape index (κ1) is 22.6. The molecule has 2 aliphatic rings. The number of hydrogen-bond acceptors (Lipinski definition) is 4. The predicted molar refractivity (Wildman–Crippen MR) is 120 cm³/mol. The Hall–Kier alpha value is -2.12. The topological polar surface area (TPSA) is 60.4 Å². The van der Waals surface area contributed by atoms with Crippen molar-refractivity contribution in [2.24, 2.45) is 4.99 Å². The molecule has 0 saturated carbocycles. The molecule has 166 valence electrons. The average molecular weight is 416 g/mol. The molecule has 1 amide bonds. The smallest absolute Gasteiger partial charge is 0.251 e. The van der Waals surface area contributed by atoms with Crippen molar-refractivity contribution >= 4 is 11.9 Å². The summed E-state index contributed by atoms with van der Waals surface area (Å²) in [5.74, 6) is 1.13. The van der Waals surface area contributed by atoms with Gasteiger partial charge < -0.3 is 24.8 Å². The number of piperazine rings is 1. The summed E-state index contributed by atoms with van der Waals surface area (Å²) in [6.45, 7) is 9.56. The Kier molecular flexibility index (Phi) is 8.96. The average Bonchev–Trinajstić information content (AvgIpc) is 3.31. The van der Waals surface area contributed by atoms with E-state index < -0.39 is 0 Å². The Morgan fingerprint density at radius 3 is 2.60 bits per heavy atom. The van der Waals surface area contributed by atoms with E-state index in [0.717, 1.165) is 77.6 Å². The monoisotopic (exact) mass is 415 g/mol. The molecule has 1 atom stereocenters. The zero-order valence-corrected chi connectivity index (χ0v) is 18.6. The number of hydrogen-bond donors (Lipinski definition) is 1. The SMILES string of the molecule is CCNC(=NCCCN(C)Cc1ccccc1)N1CCN(C(=O)C2CCCO2)CC1. The molecular formula is C23H37N5O2. The van der Waals surface area contributed by atoms with E-state index in [0.29, 0.717) is 6.61 Å². The fourth-order valence-corrected chi connectivity index (χ4v) is 4.04. The number of aliphatic imine (C=N–C) groups is 1. The molecule has 0 aromatic heterocycles. The molecule has 2 fully saturated rings. The fraction of sp³-hybridized carbons (Fsp3) is 0.652. The van der Waals surface area contributed by atoms with Gasteiger partial charge in [0, 0.05) is 52.4 Å². The van der Waals surface area contributed by atoms with E-state index in [-0.39, 0.29) is 12.0 Å². The first-order chi connectivity index (χ1) is 14.7. The van der Waals surface area contributed by atoms with Crippen LogP contribution in [0.3, 0.4) is 0 Å². The lowest BCUT2D eigenvalue weighted by molar-refractivity contribution is -0.142. The van der Waals surface area contributed by atoms with E-state index in [2.05, 4.69) is 59.4 Å². The Bertz CT molecular complexity index is 667. The van der Waals surface area contributed by atoms with Gasteiger partial charge in [0.05, 0.1) is 0 Å². The highest BCUT2D eigenvalue weighted by Gasteiger charge is 2.30. The molecule has 1 unspecified atom stereocenters. The van der Waals surface area contributed by atoms with Crippen LogP contribution in [0, 0.1) is 0 Å². The van der Waals surface area contributed by atoms with E-state index in [4.69, 9.17) is 9.73 Å². The van der Waals surface area contributed by atoms with Crippen molar-refractivity contribution in [1.82, 2.24) is 20.0 Å². The number of nitrogens with zero attached hydrogens (tertiary/aromatic N) is 4. The van der Waals surface area contributed by atoms with Crippen LogP contribution in [0.15, 0.2) is 35.3 Å². The van der Waals surface area contributed by atoms with E-state index in [9.17, 15) is 4.79 Å². The summed E-state index contributed by atoms with van der Waals surface area (Å²) in [7, 11) is 2.16. The van der Waals surface area contributed by atoms with Gasteiger partial charge in [-0.15, -0.1) is 0 Å². The molecule has 3 rings (SSSR count). The predicted octanol–water partition coefficient (Wildman–Crippen LogP) is 1.80. The first-order valence-corrected chi connectivity index (χ1v) is 11.3. The molecule has 2 aliphatic heterocycles. The van der Waals surface area contributed by atoms with Crippen molar-refractivity contribution in [2.45, 2.75) is 38.8 Å². The highest BCUT2D eigenvalue weighted by Crippen LogP contribution is 2.16. The van der Waals surface area contributed by atoms with Gasteiger partial charge in [-0.3, -0.25) is 9.79 Å². The Morgan fingerprint density at radius 1 is 1.20 bits per heavy atom. The second kappa shape index (κ2) is 11.9. The first-order valence-electron chi connectivity index (χ1n) is 11.3. The molecule has 0 aliphatic carbocycles. The number of carbonyl (C=O) groups excluding carboxylic acids is 1. The van der Waals surface area contributed by atoms with Crippen LogP contribution in [0.1, 0.15) is 31.7 Å². The lowest BCUT2D eigenvalue weighted by atomic mass is 10.2. The van der Waals surface area contributed by atoms with Crippen LogP contribution in [-0.2, 0) is 16.1 Å². The highest BCUT2D eigenvalue weighted by atomic mass is 16.5. The van der Waals surface area contributed by atoms with Crippen LogP contribution in [0.4, 0.5) is 0 Å². The molecule has 2 heterocycles. The summed E-state index contributed by atoms with van der Waals surface area (Å²) in [4.78, 5) is 23.9. The molecule has 0 radical (unpaired) electrons. The second-order valence-electron chi connectivity index (χ2n) is 8.13. The van der Waals surface area contributed by atoms with Crippen LogP contribution in [0.5, 0.6) is 0 Å². The van der Waals surface area contributed by atoms with Crippen molar-refractivity contribution in [3.05, 3.63) is 35.9 Å². The third-order valence-electron chi connectivity index (χ3n) is 5.69. The summed E-state index contributed by atoms with van der Waals surface area (Å²) in [6, 6.07) is 10.6. The largest absolute Gasteiger partial charge is 0.368 e. The van der Waals surface area contributed by atoms with Gasteiger partial charge in [-0.05, 0) is 45.3 Å². The quantitative estimate of drug-likeness (QED) is 0.399. The number of nitrogens with one attached hydrogen (secondary N) is 1.